The van der Waals surface area contributed by atoms with Crippen LogP contribution >= 0.6 is 0 Å². The molecule has 4 rings (SSSR count). The molecule has 0 bridgehead atoms. The molecule has 6 heteroatoms. The van der Waals surface area contributed by atoms with Crippen molar-refractivity contribution in [2.24, 2.45) is 0 Å². The van der Waals surface area contributed by atoms with Crippen LogP contribution in [0.25, 0.3) is 11.1 Å². The van der Waals surface area contributed by atoms with Gasteiger partial charge in [0.2, 0.25) is 0 Å². The molecule has 160 valence electrons. The minimum atomic E-state index is -0.576. The number of hydrogen-bond acceptors (Lipinski definition) is 5. The number of carbonyl (C=O) groups excluding carboxylic acids is 2. The van der Waals surface area contributed by atoms with Gasteiger partial charge in [-0.1, -0.05) is 48.5 Å². The fraction of sp³-hybridized carbons (Fsp3) is 0.280. The summed E-state index contributed by atoms with van der Waals surface area (Å²) in [7, 11) is 0. The fourth-order valence-electron chi connectivity index (χ4n) is 3.76. The lowest BCUT2D eigenvalue weighted by Crippen LogP contribution is -2.27. The van der Waals surface area contributed by atoms with Crippen LogP contribution in [0, 0.1) is 0 Å². The molecular weight excluding hydrogens is 394 g/mol. The highest BCUT2D eigenvalue weighted by Gasteiger charge is 2.29. The summed E-state index contributed by atoms with van der Waals surface area (Å²) in [6.45, 7) is 5.38. The van der Waals surface area contributed by atoms with E-state index in [9.17, 15) is 9.59 Å². The third-order valence-corrected chi connectivity index (χ3v) is 4.99. The SMILES string of the molecule is CC(C)(C)OC(=O)COc1ccn(C(=O)OCC2c3ccccc3-c3ccccc32)c1. The Morgan fingerprint density at radius 3 is 2.16 bits per heavy atom. The molecule has 0 N–H and O–H groups in total. The Morgan fingerprint density at radius 1 is 0.935 bits per heavy atom. The van der Waals surface area contributed by atoms with Gasteiger partial charge in [-0.3, -0.25) is 4.57 Å². The summed E-state index contributed by atoms with van der Waals surface area (Å²) in [5.41, 5.74) is 4.10. The number of hydrogen-bond donors (Lipinski definition) is 0. The van der Waals surface area contributed by atoms with Crippen LogP contribution in [0.5, 0.6) is 5.75 Å². The van der Waals surface area contributed by atoms with Gasteiger partial charge in [0, 0.05) is 12.1 Å². The zero-order valence-corrected chi connectivity index (χ0v) is 17.8. The van der Waals surface area contributed by atoms with Crippen LogP contribution in [-0.2, 0) is 14.3 Å². The first-order valence-electron chi connectivity index (χ1n) is 10.2. The summed E-state index contributed by atoms with van der Waals surface area (Å²) >= 11 is 0. The van der Waals surface area contributed by atoms with Gasteiger partial charge in [0.15, 0.2) is 6.61 Å². The Balaban J connectivity index is 1.37. The Bertz CT molecular complexity index is 1060. The molecule has 0 spiro atoms. The molecule has 1 heterocycles. The predicted octanol–water partition coefficient (Wildman–Crippen LogP) is 5.01. The number of rotatable bonds is 5. The van der Waals surface area contributed by atoms with E-state index in [-0.39, 0.29) is 19.1 Å². The van der Waals surface area contributed by atoms with Crippen LogP contribution in [0.15, 0.2) is 67.0 Å². The first kappa shape index (κ1) is 20.7. The van der Waals surface area contributed by atoms with Crippen LogP contribution in [-0.4, -0.2) is 35.4 Å². The van der Waals surface area contributed by atoms with E-state index in [0.29, 0.717) is 5.75 Å². The predicted molar refractivity (Wildman–Crippen MR) is 116 cm³/mol. The zero-order chi connectivity index (χ0) is 22.0. The third kappa shape index (κ3) is 4.63. The highest BCUT2D eigenvalue weighted by molar-refractivity contribution is 5.79. The fourth-order valence-corrected chi connectivity index (χ4v) is 3.76. The number of benzene rings is 2. The lowest BCUT2D eigenvalue weighted by Gasteiger charge is -2.19. The van der Waals surface area contributed by atoms with E-state index in [2.05, 4.69) is 24.3 Å². The molecule has 0 fully saturated rings. The van der Waals surface area contributed by atoms with Crippen molar-refractivity contribution < 1.29 is 23.8 Å². The molecule has 0 saturated carbocycles. The van der Waals surface area contributed by atoms with Gasteiger partial charge in [0.05, 0.1) is 6.20 Å². The van der Waals surface area contributed by atoms with Crippen molar-refractivity contribution in [1.82, 2.24) is 4.57 Å². The molecule has 0 atom stereocenters. The lowest BCUT2D eigenvalue weighted by atomic mass is 9.98. The normalized spacial score (nSPS) is 12.7. The number of nitrogens with zero attached hydrogens (tertiary/aromatic N) is 1. The summed E-state index contributed by atoms with van der Waals surface area (Å²) in [6, 6.07) is 18.0. The third-order valence-electron chi connectivity index (χ3n) is 4.99. The van der Waals surface area contributed by atoms with Crippen molar-refractivity contribution in [3.63, 3.8) is 0 Å². The summed E-state index contributed by atoms with van der Waals surface area (Å²) < 4.78 is 17.5. The standard InChI is InChI=1S/C25H25NO5/c1-25(2,3)31-23(27)16-29-17-12-13-26(14-17)24(28)30-15-22-20-10-6-4-8-18(20)19-9-5-7-11-21(19)22/h4-14,22H,15-16H2,1-3H3. The molecule has 2 aromatic carbocycles. The van der Waals surface area contributed by atoms with Gasteiger partial charge in [-0.2, -0.15) is 0 Å². The summed E-state index contributed by atoms with van der Waals surface area (Å²) in [5.74, 6) is -0.0874. The van der Waals surface area contributed by atoms with Crippen molar-refractivity contribution in [3.8, 4) is 16.9 Å². The van der Waals surface area contributed by atoms with Gasteiger partial charge in [0.25, 0.3) is 0 Å². The van der Waals surface area contributed by atoms with Gasteiger partial charge in [-0.15, -0.1) is 0 Å². The highest BCUT2D eigenvalue weighted by atomic mass is 16.6. The van der Waals surface area contributed by atoms with Crippen molar-refractivity contribution >= 4 is 12.1 Å². The zero-order valence-electron chi connectivity index (χ0n) is 17.8. The van der Waals surface area contributed by atoms with Crippen LogP contribution in [0.4, 0.5) is 4.79 Å². The molecule has 0 radical (unpaired) electrons. The van der Waals surface area contributed by atoms with Crippen LogP contribution in [0.3, 0.4) is 0 Å². The van der Waals surface area contributed by atoms with E-state index >= 15 is 0 Å². The van der Waals surface area contributed by atoms with E-state index in [0.717, 1.165) is 11.1 Å². The maximum atomic E-state index is 12.6. The van der Waals surface area contributed by atoms with E-state index in [1.54, 1.807) is 33.0 Å². The van der Waals surface area contributed by atoms with Gasteiger partial charge in [0.1, 0.15) is 18.0 Å². The summed E-state index contributed by atoms with van der Waals surface area (Å²) in [6.07, 6.45) is 2.53. The van der Waals surface area contributed by atoms with Gasteiger partial charge in [-0.05, 0) is 49.1 Å². The topological polar surface area (TPSA) is 66.8 Å². The molecule has 1 aliphatic carbocycles. The molecule has 0 amide bonds. The van der Waals surface area contributed by atoms with Crippen molar-refractivity contribution in [2.45, 2.75) is 32.3 Å². The average Bonchev–Trinajstić information content (AvgIpc) is 3.33. The van der Waals surface area contributed by atoms with Crippen LogP contribution in [0.1, 0.15) is 37.8 Å². The van der Waals surface area contributed by atoms with E-state index in [1.807, 2.05) is 24.3 Å². The molecule has 0 saturated heterocycles. The number of carbonyl (C=O) groups is 2. The van der Waals surface area contributed by atoms with E-state index in [4.69, 9.17) is 14.2 Å². The Morgan fingerprint density at radius 2 is 1.55 bits per heavy atom. The Kier molecular flexibility index (Phi) is 5.55. The Hall–Kier alpha value is -3.54. The summed E-state index contributed by atoms with van der Waals surface area (Å²) in [4.78, 5) is 24.3. The Labute approximate surface area is 181 Å². The lowest BCUT2D eigenvalue weighted by molar-refractivity contribution is -0.157. The van der Waals surface area contributed by atoms with Crippen molar-refractivity contribution in [3.05, 3.63) is 78.1 Å². The largest absolute Gasteiger partial charge is 0.480 e. The van der Waals surface area contributed by atoms with Crippen molar-refractivity contribution in [1.29, 1.82) is 0 Å². The molecule has 1 aromatic heterocycles. The second kappa shape index (κ2) is 8.30. The van der Waals surface area contributed by atoms with Gasteiger partial charge < -0.3 is 14.2 Å². The molecule has 1 aliphatic rings. The van der Waals surface area contributed by atoms with Crippen molar-refractivity contribution in [2.75, 3.05) is 13.2 Å². The average molecular weight is 419 g/mol. The second-order valence-corrected chi connectivity index (χ2v) is 8.43. The first-order chi connectivity index (χ1) is 14.8. The quantitative estimate of drug-likeness (QED) is 0.544. The maximum absolute atomic E-state index is 12.6. The molecular formula is C25H25NO5. The van der Waals surface area contributed by atoms with E-state index in [1.165, 1.54) is 21.9 Å². The molecule has 3 aromatic rings. The van der Waals surface area contributed by atoms with E-state index < -0.39 is 17.7 Å². The molecule has 6 nitrogen and oxygen atoms in total. The minimum Gasteiger partial charge on any atom is -0.480 e. The first-order valence-corrected chi connectivity index (χ1v) is 10.2. The van der Waals surface area contributed by atoms with Crippen LogP contribution < -0.4 is 4.74 Å². The smallest absolute Gasteiger partial charge is 0.418 e. The minimum absolute atomic E-state index is 0.00481. The maximum Gasteiger partial charge on any atom is 0.418 e. The molecule has 31 heavy (non-hydrogen) atoms. The molecule has 0 unspecified atom stereocenters. The monoisotopic (exact) mass is 419 g/mol. The second-order valence-electron chi connectivity index (χ2n) is 8.43. The molecule has 0 aliphatic heterocycles. The highest BCUT2D eigenvalue weighted by Crippen LogP contribution is 2.44. The number of esters is 1. The number of fused-ring (bicyclic) bond motifs is 3. The summed E-state index contributed by atoms with van der Waals surface area (Å²) in [5, 5.41) is 0. The number of ether oxygens (including phenoxy) is 3. The van der Waals surface area contributed by atoms with Crippen LogP contribution in [0.2, 0.25) is 0 Å². The van der Waals surface area contributed by atoms with Gasteiger partial charge >= 0.3 is 12.1 Å². The van der Waals surface area contributed by atoms with Gasteiger partial charge in [-0.25, -0.2) is 9.59 Å². The number of aromatic nitrogens is 1.